The molecule has 2 heterocycles. The summed E-state index contributed by atoms with van der Waals surface area (Å²) in [7, 11) is -2.71. The molecule has 4 aliphatic rings. The summed E-state index contributed by atoms with van der Waals surface area (Å²) >= 11 is 6.40. The van der Waals surface area contributed by atoms with E-state index in [2.05, 4.69) is 15.7 Å². The van der Waals surface area contributed by atoms with E-state index in [1.807, 2.05) is 12.1 Å². The molecule has 46 heavy (non-hydrogen) atoms. The molecule has 1 saturated carbocycles. The number of nitrogens with one attached hydrogen (secondary N) is 1. The molecule has 2 aromatic carbocycles. The number of benzene rings is 2. The zero-order valence-electron chi connectivity index (χ0n) is 26.6. The molecule has 2 bridgehead atoms. The topological polar surface area (TPSA) is 122 Å². The van der Waals surface area contributed by atoms with Crippen LogP contribution in [0.1, 0.15) is 73.9 Å². The fourth-order valence-electron chi connectivity index (χ4n) is 7.87. The second-order valence-electron chi connectivity index (χ2n) is 13.8. The van der Waals surface area contributed by atoms with Gasteiger partial charge in [0.05, 0.1) is 36.7 Å². The van der Waals surface area contributed by atoms with Crippen LogP contribution in [0.5, 0.6) is 5.75 Å². The van der Waals surface area contributed by atoms with Crippen LogP contribution in [0.3, 0.4) is 0 Å². The van der Waals surface area contributed by atoms with E-state index in [0.717, 1.165) is 32.1 Å². The largest absolute Gasteiger partial charge is 0.490 e. The number of carbonyl (C=O) groups is 2. The molecule has 2 aromatic rings. The fourth-order valence-corrected chi connectivity index (χ4v) is 9.35. The van der Waals surface area contributed by atoms with Crippen LogP contribution in [0.25, 0.3) is 0 Å². The van der Waals surface area contributed by atoms with E-state index < -0.39 is 32.8 Å². The van der Waals surface area contributed by atoms with Gasteiger partial charge in [-0.3, -0.25) is 9.59 Å². The Balaban J connectivity index is 1.45. The first-order chi connectivity index (χ1) is 21.8. The molecule has 9 nitrogen and oxygen atoms in total. The average molecular weight is 671 g/mol. The number of ether oxygens (including phenoxy) is 2. The molecule has 2 N–H and O–H groups in total. The van der Waals surface area contributed by atoms with Crippen molar-refractivity contribution in [2.24, 2.45) is 17.8 Å². The van der Waals surface area contributed by atoms with Crippen molar-refractivity contribution in [1.82, 2.24) is 4.72 Å². The molecule has 248 valence electrons. The van der Waals surface area contributed by atoms with Crippen LogP contribution in [0.2, 0.25) is 5.02 Å². The number of halogens is 1. The van der Waals surface area contributed by atoms with Crippen LogP contribution in [0.15, 0.2) is 48.6 Å². The first-order valence-electron chi connectivity index (χ1n) is 16.2. The number of allylic oxidation sites excluding steroid dienone is 1. The minimum absolute atomic E-state index is 0.0395. The van der Waals surface area contributed by atoms with Crippen LogP contribution in [-0.4, -0.2) is 63.1 Å². The second kappa shape index (κ2) is 12.5. The molecule has 11 heteroatoms. The number of esters is 1. The number of hydrogen-bond acceptors (Lipinski definition) is 8. The fraction of sp³-hybridized carbons (Fsp3) is 0.543. The summed E-state index contributed by atoms with van der Waals surface area (Å²) in [4.78, 5) is 28.2. The number of aryl methyl sites for hydroxylation is 1. The summed E-state index contributed by atoms with van der Waals surface area (Å²) in [5, 5.41) is 11.9. The summed E-state index contributed by atoms with van der Waals surface area (Å²) < 4.78 is 40.4. The number of rotatable bonds is 2. The monoisotopic (exact) mass is 670 g/mol. The maximum atomic E-state index is 13.4. The minimum Gasteiger partial charge on any atom is -0.490 e. The molecule has 2 aliphatic carbocycles. The zero-order chi connectivity index (χ0) is 32.9. The first-order valence-corrected chi connectivity index (χ1v) is 18.1. The van der Waals surface area contributed by atoms with Crippen LogP contribution in [-0.2, 0) is 31.4 Å². The molecule has 1 amide bonds. The predicted octanol–water partition coefficient (Wildman–Crippen LogP) is 5.18. The molecule has 0 aromatic heterocycles. The van der Waals surface area contributed by atoms with Crippen molar-refractivity contribution in [1.29, 1.82) is 0 Å². The van der Waals surface area contributed by atoms with Crippen molar-refractivity contribution in [3.8, 4) is 5.75 Å². The standard InChI is InChI=1S/C35H43ClN2O7S/c1-22-6-4-15-35(41,18-32(39)44-3)29-11-8-26(29)19-38-20-34(14-5-7-24-16-27(36)10-12-28(24)34)21-45-31-13-9-25(17-30(31)38)33(40)37-46(42,43)23(22)2/h4,9-10,12-13,15-17,22-23,26,29,41H,5-8,11,14,18-21H2,1-3H3,(H,37,40)/b15-4-/t22-,23+,26-,29+,34-,35?/m0/s1. The highest BCUT2D eigenvalue weighted by atomic mass is 35.5. The third kappa shape index (κ3) is 6.16. The lowest BCUT2D eigenvalue weighted by molar-refractivity contribution is -0.149. The van der Waals surface area contributed by atoms with Gasteiger partial charge in [-0.05, 0) is 105 Å². The number of hydrogen-bond donors (Lipinski definition) is 2. The molecule has 0 saturated heterocycles. The van der Waals surface area contributed by atoms with Gasteiger partial charge in [-0.15, -0.1) is 0 Å². The Bertz CT molecular complexity index is 1660. The van der Waals surface area contributed by atoms with Gasteiger partial charge in [0.25, 0.3) is 5.91 Å². The molecule has 1 unspecified atom stereocenters. The van der Waals surface area contributed by atoms with Crippen molar-refractivity contribution < 1.29 is 32.6 Å². The molecule has 0 radical (unpaired) electrons. The SMILES string of the molecule is COC(=O)CC1(O)/C=C\C[C@H](C)[C@@H](C)S(=O)(=O)NC(=O)c2ccc3c(c2)N(C[C@@H]2CC[C@H]21)C[C@@]1(CCCc2cc(Cl)ccc21)CO3. The van der Waals surface area contributed by atoms with E-state index in [1.165, 1.54) is 18.2 Å². The van der Waals surface area contributed by atoms with Gasteiger partial charge in [-0.1, -0.05) is 36.7 Å². The van der Waals surface area contributed by atoms with E-state index >= 15 is 0 Å². The Hall–Kier alpha value is -3.08. The number of carbonyl (C=O) groups excluding carboxylic acids is 2. The van der Waals surface area contributed by atoms with Gasteiger partial charge in [-0.25, -0.2) is 13.1 Å². The minimum atomic E-state index is -4.02. The van der Waals surface area contributed by atoms with E-state index in [-0.39, 0.29) is 35.2 Å². The summed E-state index contributed by atoms with van der Waals surface area (Å²) in [6.45, 7) is 4.95. The highest BCUT2D eigenvalue weighted by Gasteiger charge is 2.49. The second-order valence-corrected chi connectivity index (χ2v) is 16.2. The van der Waals surface area contributed by atoms with Gasteiger partial charge >= 0.3 is 5.97 Å². The number of aliphatic hydroxyl groups is 1. The quantitative estimate of drug-likeness (QED) is 0.331. The number of sulfonamides is 1. The number of methoxy groups -OCH3 is 1. The van der Waals surface area contributed by atoms with Crippen molar-refractivity contribution in [2.45, 2.75) is 75.1 Å². The summed E-state index contributed by atoms with van der Waals surface area (Å²) in [6.07, 6.45) is 7.97. The molecule has 6 atom stereocenters. The van der Waals surface area contributed by atoms with E-state index in [0.29, 0.717) is 42.6 Å². The lowest BCUT2D eigenvalue weighted by atomic mass is 9.63. The Morgan fingerprint density at radius 3 is 2.74 bits per heavy atom. The van der Waals surface area contributed by atoms with Crippen molar-refractivity contribution in [3.05, 3.63) is 70.3 Å². The molecule has 6 rings (SSSR count). The predicted molar refractivity (Wildman–Crippen MR) is 177 cm³/mol. The highest BCUT2D eigenvalue weighted by Crippen LogP contribution is 2.49. The smallest absolute Gasteiger partial charge is 0.308 e. The number of nitrogens with zero attached hydrogens (tertiary/aromatic N) is 1. The van der Waals surface area contributed by atoms with Crippen molar-refractivity contribution in [3.63, 3.8) is 0 Å². The maximum Gasteiger partial charge on any atom is 0.308 e. The van der Waals surface area contributed by atoms with Gasteiger partial charge in [0.1, 0.15) is 5.75 Å². The molecule has 1 fully saturated rings. The Morgan fingerprint density at radius 2 is 2.00 bits per heavy atom. The molecular weight excluding hydrogens is 628 g/mol. The number of fused-ring (bicyclic) bond motifs is 4. The third-order valence-electron chi connectivity index (χ3n) is 10.9. The van der Waals surface area contributed by atoms with Gasteiger partial charge < -0.3 is 19.5 Å². The molecule has 2 aliphatic heterocycles. The van der Waals surface area contributed by atoms with Crippen LogP contribution in [0.4, 0.5) is 5.69 Å². The van der Waals surface area contributed by atoms with Crippen LogP contribution < -0.4 is 14.4 Å². The Labute approximate surface area is 276 Å². The lowest BCUT2D eigenvalue weighted by Crippen LogP contribution is -2.53. The summed E-state index contributed by atoms with van der Waals surface area (Å²) in [5.41, 5.74) is 1.52. The van der Waals surface area contributed by atoms with Crippen LogP contribution >= 0.6 is 11.6 Å². The number of amides is 1. The first kappa shape index (κ1) is 32.8. The van der Waals surface area contributed by atoms with Gasteiger partial charge in [0.15, 0.2) is 0 Å². The van der Waals surface area contributed by atoms with Gasteiger partial charge in [0.2, 0.25) is 10.0 Å². The molecular formula is C35H43ClN2O7S. The third-order valence-corrected chi connectivity index (χ3v) is 13.1. The van der Waals surface area contributed by atoms with Gasteiger partial charge in [0, 0.05) is 29.1 Å². The van der Waals surface area contributed by atoms with E-state index in [4.69, 9.17) is 21.1 Å². The Morgan fingerprint density at radius 1 is 1.20 bits per heavy atom. The summed E-state index contributed by atoms with van der Waals surface area (Å²) in [5.74, 6) is -1.13. The zero-order valence-corrected chi connectivity index (χ0v) is 28.2. The average Bonchev–Trinajstić information content (AvgIpc) is 3.14. The highest BCUT2D eigenvalue weighted by molar-refractivity contribution is 7.90. The summed E-state index contributed by atoms with van der Waals surface area (Å²) in [6, 6.07) is 11.1. The van der Waals surface area contributed by atoms with Crippen molar-refractivity contribution >= 4 is 39.2 Å². The van der Waals surface area contributed by atoms with Crippen molar-refractivity contribution in [2.75, 3.05) is 31.7 Å². The maximum absolute atomic E-state index is 13.4. The lowest BCUT2D eigenvalue weighted by Gasteiger charge is -2.49. The Kier molecular flexibility index (Phi) is 8.93. The van der Waals surface area contributed by atoms with Gasteiger partial charge in [-0.2, -0.15) is 0 Å². The van der Waals surface area contributed by atoms with E-state index in [1.54, 1.807) is 44.2 Å². The normalized spacial score (nSPS) is 32.9. The number of anilines is 1. The van der Waals surface area contributed by atoms with Crippen LogP contribution in [0, 0.1) is 17.8 Å². The molecule has 1 spiro atoms. The van der Waals surface area contributed by atoms with E-state index in [9.17, 15) is 23.1 Å².